The highest BCUT2D eigenvalue weighted by Gasteiger charge is 2.22. The van der Waals surface area contributed by atoms with E-state index in [1.807, 2.05) is 78.9 Å². The Morgan fingerprint density at radius 3 is 1.24 bits per heavy atom. The van der Waals surface area contributed by atoms with Gasteiger partial charge in [0, 0.05) is 56.0 Å². The smallest absolute Gasteiger partial charge is 0.211 e. The molecule has 0 atom stereocenters. The summed E-state index contributed by atoms with van der Waals surface area (Å²) in [6, 6.07) is 85.9. The molecule has 0 saturated heterocycles. The van der Waals surface area contributed by atoms with Crippen LogP contribution >= 0.6 is 0 Å². The molecule has 12 rings (SSSR count). The van der Waals surface area contributed by atoms with Crippen LogP contribution in [0, 0.1) is 19.7 Å². The summed E-state index contributed by atoms with van der Waals surface area (Å²) in [5, 5.41) is 2.10. The van der Waals surface area contributed by atoms with Gasteiger partial charge >= 0.3 is 0 Å². The maximum atomic E-state index is 8.66. The van der Waals surface area contributed by atoms with Gasteiger partial charge in [-0.05, 0) is 132 Å². The molecule has 0 aliphatic carbocycles. The van der Waals surface area contributed by atoms with Crippen molar-refractivity contribution in [3.8, 4) is 50.7 Å². The van der Waals surface area contributed by atoms with Gasteiger partial charge in [0.25, 0.3) is 0 Å². The van der Waals surface area contributed by atoms with Crippen molar-refractivity contribution < 1.29 is 0 Å². The van der Waals surface area contributed by atoms with Crippen LogP contribution in [0.2, 0.25) is 0 Å². The molecule has 12 aromatic rings. The molecule has 8 heteroatoms. The van der Waals surface area contributed by atoms with E-state index in [0.717, 1.165) is 89.4 Å². The van der Waals surface area contributed by atoms with E-state index in [4.69, 9.17) is 29.7 Å². The van der Waals surface area contributed by atoms with E-state index >= 15 is 0 Å². The first kappa shape index (κ1) is 45.3. The highest BCUT2D eigenvalue weighted by Crippen LogP contribution is 2.44. The van der Waals surface area contributed by atoms with Crippen molar-refractivity contribution in [2.75, 3.05) is 9.80 Å². The zero-order chi connectivity index (χ0) is 50.7. The van der Waals surface area contributed by atoms with E-state index in [2.05, 4.69) is 187 Å². The van der Waals surface area contributed by atoms with Gasteiger partial charge in [-0.3, -0.25) is 0 Å². The van der Waals surface area contributed by atoms with Crippen LogP contribution in [0.4, 0.5) is 51.2 Å². The molecular weight excluding hydrogens is 917 g/mol. The lowest BCUT2D eigenvalue weighted by Gasteiger charge is -2.26. The Balaban J connectivity index is 0.977. The summed E-state index contributed by atoms with van der Waals surface area (Å²) in [4.78, 5) is 26.0. The molecule has 75 heavy (non-hydrogen) atoms. The molecule has 8 nitrogen and oxygen atoms in total. The first-order valence-electron chi connectivity index (χ1n) is 24.4. The van der Waals surface area contributed by atoms with Gasteiger partial charge in [0.2, 0.25) is 5.69 Å². The Morgan fingerprint density at radius 2 is 0.760 bits per heavy atom. The van der Waals surface area contributed by atoms with Gasteiger partial charge in [-0.1, -0.05) is 140 Å². The Kier molecular flexibility index (Phi) is 11.9. The van der Waals surface area contributed by atoms with Crippen molar-refractivity contribution in [2.24, 2.45) is 0 Å². The van der Waals surface area contributed by atoms with E-state index in [1.165, 1.54) is 0 Å². The third kappa shape index (κ3) is 8.76. The minimum absolute atomic E-state index is 0.481. The predicted molar refractivity (Wildman–Crippen MR) is 306 cm³/mol. The molecule has 0 saturated carbocycles. The second-order valence-electron chi connectivity index (χ2n) is 17.9. The molecule has 2 aromatic heterocycles. The molecule has 2 heterocycles. The summed E-state index contributed by atoms with van der Waals surface area (Å²) in [5.74, 6) is 0.481. The van der Waals surface area contributed by atoms with Crippen LogP contribution in [0.1, 0.15) is 0 Å². The second-order valence-corrected chi connectivity index (χ2v) is 17.9. The molecule has 0 radical (unpaired) electrons. The van der Waals surface area contributed by atoms with E-state index in [-0.39, 0.29) is 0 Å². The lowest BCUT2D eigenvalue weighted by atomic mass is 10.0. The minimum atomic E-state index is 0.481. The van der Waals surface area contributed by atoms with Crippen molar-refractivity contribution >= 4 is 73.0 Å². The van der Waals surface area contributed by atoms with Gasteiger partial charge in [0.15, 0.2) is 17.2 Å². The number of rotatable bonds is 11. The van der Waals surface area contributed by atoms with Crippen LogP contribution in [0.15, 0.2) is 255 Å². The number of benzene rings is 10. The molecule has 0 amide bonds. The van der Waals surface area contributed by atoms with Crippen LogP contribution in [-0.4, -0.2) is 14.5 Å². The van der Waals surface area contributed by atoms with E-state index in [1.54, 1.807) is 18.2 Å². The van der Waals surface area contributed by atoms with E-state index in [9.17, 15) is 0 Å². The summed E-state index contributed by atoms with van der Waals surface area (Å²) in [7, 11) is 0. The normalized spacial score (nSPS) is 10.9. The Morgan fingerprint density at radius 1 is 0.320 bits per heavy atom. The van der Waals surface area contributed by atoms with Gasteiger partial charge in [-0.2, -0.15) is 0 Å². The van der Waals surface area contributed by atoms with Gasteiger partial charge in [0.1, 0.15) is 0 Å². The maximum Gasteiger partial charge on any atom is 0.211 e. The van der Waals surface area contributed by atoms with Crippen LogP contribution in [0.3, 0.4) is 0 Å². The molecular formula is C67H42N8. The average molecular weight is 959 g/mol. The highest BCUT2D eigenvalue weighted by atomic mass is 15.2. The summed E-state index contributed by atoms with van der Waals surface area (Å²) in [5.41, 5.74) is 16.1. The first-order valence-corrected chi connectivity index (χ1v) is 24.4. The molecule has 0 unspecified atom stereocenters. The summed E-state index contributed by atoms with van der Waals surface area (Å²) in [6.45, 7) is 23.9. The number of aromatic nitrogens is 3. The van der Waals surface area contributed by atoms with Crippen molar-refractivity contribution in [1.82, 2.24) is 14.5 Å². The van der Waals surface area contributed by atoms with Crippen LogP contribution < -0.4 is 9.80 Å². The molecule has 0 fully saturated rings. The Labute approximate surface area is 435 Å². The standard InChI is InChI=1S/C67H42N8/c1-68-51-20-16-18-49(40-51)62-45-61(71-67(72-62)50-19-17-21-52(41-50)69-2)47-32-30-46(31-33-47)48-34-37-66(63(42-48)70-3)75-64-38-35-57(73(53-22-8-4-9-23-53)54-24-10-5-11-25-54)43-59(64)60-44-58(36-39-65(60)75)74(55-26-12-6-13-27-55)56-28-14-7-15-29-56/h4-45H. The number of fused-ring (bicyclic) bond motifs is 3. The maximum absolute atomic E-state index is 8.66. The predicted octanol–water partition coefficient (Wildman–Crippen LogP) is 18.8. The highest BCUT2D eigenvalue weighted by molar-refractivity contribution is 6.12. The topological polar surface area (TPSA) is 50.3 Å². The van der Waals surface area contributed by atoms with Crippen molar-refractivity contribution in [2.45, 2.75) is 0 Å². The fourth-order valence-corrected chi connectivity index (χ4v) is 9.88. The zero-order valence-corrected chi connectivity index (χ0v) is 40.3. The summed E-state index contributed by atoms with van der Waals surface area (Å²) in [6.07, 6.45) is 0. The minimum Gasteiger partial charge on any atom is -0.319 e. The van der Waals surface area contributed by atoms with Gasteiger partial charge in [0.05, 0.1) is 47.8 Å². The molecule has 350 valence electrons. The number of para-hydroxylation sites is 4. The molecule has 0 bridgehead atoms. The number of hydrogen-bond donors (Lipinski definition) is 0. The molecule has 0 aliphatic heterocycles. The molecule has 0 aliphatic rings. The fraction of sp³-hybridized carbons (Fsp3) is 0. The lowest BCUT2D eigenvalue weighted by Crippen LogP contribution is -2.09. The molecule has 0 spiro atoms. The summed E-state index contributed by atoms with van der Waals surface area (Å²) >= 11 is 0. The van der Waals surface area contributed by atoms with E-state index < -0.39 is 0 Å². The average Bonchev–Trinajstić information content (AvgIpc) is 3.81. The number of anilines is 6. The Bertz CT molecular complexity index is 3910. The van der Waals surface area contributed by atoms with Crippen molar-refractivity contribution in [3.63, 3.8) is 0 Å². The number of nitrogens with zero attached hydrogens (tertiary/aromatic N) is 8. The molecule has 0 N–H and O–H groups in total. The van der Waals surface area contributed by atoms with Crippen molar-refractivity contribution in [3.05, 3.63) is 289 Å². The van der Waals surface area contributed by atoms with Gasteiger partial charge in [-0.15, -0.1) is 0 Å². The van der Waals surface area contributed by atoms with Gasteiger partial charge in [-0.25, -0.2) is 24.5 Å². The zero-order valence-electron chi connectivity index (χ0n) is 40.3. The lowest BCUT2D eigenvalue weighted by molar-refractivity contribution is 1.18. The fourth-order valence-electron chi connectivity index (χ4n) is 9.88. The Hall–Kier alpha value is -10.9. The van der Waals surface area contributed by atoms with Gasteiger partial charge < -0.3 is 14.4 Å². The monoisotopic (exact) mass is 958 g/mol. The third-order valence-corrected chi connectivity index (χ3v) is 13.4. The van der Waals surface area contributed by atoms with Crippen LogP contribution in [-0.2, 0) is 0 Å². The van der Waals surface area contributed by atoms with Crippen LogP contribution in [0.25, 0.3) is 87.1 Å². The quantitative estimate of drug-likeness (QED) is 0.121. The van der Waals surface area contributed by atoms with Crippen LogP contribution in [0.5, 0.6) is 0 Å². The van der Waals surface area contributed by atoms with Crippen molar-refractivity contribution in [1.29, 1.82) is 0 Å². The second kappa shape index (κ2) is 19.7. The third-order valence-electron chi connectivity index (χ3n) is 13.4. The van der Waals surface area contributed by atoms with E-state index in [0.29, 0.717) is 34.3 Å². The SMILES string of the molecule is [C-]#[N+]c1cccc(-c2cc(-c3ccc(-c4ccc(-n5c6ccc(N(c7ccccc7)c7ccccc7)cc6c6cc(N(c7ccccc7)c7ccccc7)ccc65)c([N+]#[C-])c4)cc3)nc(-c3cccc([N+]#[C-])c3)n2)c1. The first-order chi connectivity index (χ1) is 37.0. The number of hydrogen-bond acceptors (Lipinski definition) is 4. The summed E-state index contributed by atoms with van der Waals surface area (Å²) < 4.78 is 2.23. The molecule has 10 aromatic carbocycles. The largest absolute Gasteiger partial charge is 0.319 e.